The summed E-state index contributed by atoms with van der Waals surface area (Å²) in [4.78, 5) is 14.5. The molecule has 1 aromatic rings. The molecule has 0 aliphatic carbocycles. The maximum absolute atomic E-state index is 12.6. The first kappa shape index (κ1) is 15.2. The third kappa shape index (κ3) is 3.26. The number of nitrogens with zero attached hydrogens (tertiary/aromatic N) is 1. The fourth-order valence-electron chi connectivity index (χ4n) is 2.45. The zero-order valence-electron chi connectivity index (χ0n) is 11.9. The predicted molar refractivity (Wildman–Crippen MR) is 81.6 cm³/mol. The lowest BCUT2D eigenvalue weighted by atomic mass is 10.1. The Kier molecular flexibility index (Phi) is 5.29. The van der Waals surface area contributed by atoms with Crippen LogP contribution in [0.25, 0.3) is 0 Å². The predicted octanol–water partition coefficient (Wildman–Crippen LogP) is 3.48. The number of halogens is 1. The van der Waals surface area contributed by atoms with E-state index in [4.69, 9.17) is 9.47 Å². The van der Waals surface area contributed by atoms with E-state index in [-0.39, 0.29) is 5.91 Å². The fourth-order valence-corrected chi connectivity index (χ4v) is 3.00. The van der Waals surface area contributed by atoms with Crippen molar-refractivity contribution in [1.29, 1.82) is 0 Å². The van der Waals surface area contributed by atoms with Crippen molar-refractivity contribution in [1.82, 2.24) is 4.90 Å². The summed E-state index contributed by atoms with van der Waals surface area (Å²) in [6.07, 6.45) is 4.57. The lowest BCUT2D eigenvalue weighted by molar-refractivity contribution is 0.0761. The Morgan fingerprint density at radius 1 is 1.05 bits per heavy atom. The summed E-state index contributed by atoms with van der Waals surface area (Å²) in [5.41, 5.74) is 0.615. The van der Waals surface area contributed by atoms with Crippen LogP contribution in [0.4, 0.5) is 0 Å². The van der Waals surface area contributed by atoms with Crippen LogP contribution in [-0.2, 0) is 0 Å². The van der Waals surface area contributed by atoms with Gasteiger partial charge in [0.25, 0.3) is 5.91 Å². The minimum absolute atomic E-state index is 0.0519. The number of ether oxygens (including phenoxy) is 2. The van der Waals surface area contributed by atoms with Crippen molar-refractivity contribution in [2.24, 2.45) is 0 Å². The molecule has 4 nitrogen and oxygen atoms in total. The highest BCUT2D eigenvalue weighted by atomic mass is 79.9. The van der Waals surface area contributed by atoms with Crippen molar-refractivity contribution in [2.75, 3.05) is 27.3 Å². The van der Waals surface area contributed by atoms with E-state index >= 15 is 0 Å². The molecule has 0 atom stereocenters. The quantitative estimate of drug-likeness (QED) is 0.844. The molecule has 0 unspecified atom stereocenters. The average molecular weight is 342 g/mol. The minimum Gasteiger partial charge on any atom is -0.495 e. The van der Waals surface area contributed by atoms with Gasteiger partial charge < -0.3 is 14.4 Å². The molecule has 1 heterocycles. The Balaban J connectivity index is 2.28. The molecule has 1 aromatic carbocycles. The molecule has 2 rings (SSSR count). The number of carbonyl (C=O) groups is 1. The van der Waals surface area contributed by atoms with Crippen LogP contribution in [0.1, 0.15) is 36.0 Å². The van der Waals surface area contributed by atoms with E-state index in [1.54, 1.807) is 26.4 Å². The van der Waals surface area contributed by atoms with Crippen LogP contribution in [0.3, 0.4) is 0 Å². The number of benzene rings is 1. The molecule has 1 aliphatic heterocycles. The van der Waals surface area contributed by atoms with Gasteiger partial charge in [-0.2, -0.15) is 0 Å². The van der Waals surface area contributed by atoms with E-state index < -0.39 is 0 Å². The van der Waals surface area contributed by atoms with Crippen LogP contribution in [-0.4, -0.2) is 38.1 Å². The standard InChI is InChI=1S/C15H20BrNO3/c1-19-12-9-11(10-13(20-2)14(12)16)15(18)17-7-5-3-4-6-8-17/h9-10H,3-8H2,1-2H3. The van der Waals surface area contributed by atoms with Gasteiger partial charge in [-0.15, -0.1) is 0 Å². The van der Waals surface area contributed by atoms with E-state index in [0.717, 1.165) is 30.4 Å². The summed E-state index contributed by atoms with van der Waals surface area (Å²) >= 11 is 3.42. The van der Waals surface area contributed by atoms with Gasteiger partial charge in [0.15, 0.2) is 0 Å². The first-order chi connectivity index (χ1) is 9.67. The molecule has 0 radical (unpaired) electrons. The van der Waals surface area contributed by atoms with Gasteiger partial charge in [-0.3, -0.25) is 4.79 Å². The Morgan fingerprint density at radius 2 is 1.55 bits per heavy atom. The average Bonchev–Trinajstić information content (AvgIpc) is 2.75. The first-order valence-corrected chi connectivity index (χ1v) is 7.67. The number of hydrogen-bond donors (Lipinski definition) is 0. The van der Waals surface area contributed by atoms with E-state index in [0.29, 0.717) is 17.1 Å². The maximum atomic E-state index is 12.6. The van der Waals surface area contributed by atoms with Gasteiger partial charge in [0.05, 0.1) is 14.2 Å². The highest BCUT2D eigenvalue weighted by molar-refractivity contribution is 9.10. The van der Waals surface area contributed by atoms with Gasteiger partial charge in [-0.05, 0) is 40.9 Å². The van der Waals surface area contributed by atoms with E-state index in [9.17, 15) is 4.79 Å². The molecule has 0 aromatic heterocycles. The van der Waals surface area contributed by atoms with Crippen molar-refractivity contribution in [3.05, 3.63) is 22.2 Å². The highest BCUT2D eigenvalue weighted by Crippen LogP contribution is 2.36. The van der Waals surface area contributed by atoms with Gasteiger partial charge in [0.2, 0.25) is 0 Å². The highest BCUT2D eigenvalue weighted by Gasteiger charge is 2.20. The molecular formula is C15H20BrNO3. The lowest BCUT2D eigenvalue weighted by Crippen LogP contribution is -2.31. The van der Waals surface area contributed by atoms with Crippen LogP contribution in [0.15, 0.2) is 16.6 Å². The number of methoxy groups -OCH3 is 2. The largest absolute Gasteiger partial charge is 0.495 e. The molecule has 1 aliphatic rings. The normalized spacial score (nSPS) is 15.7. The van der Waals surface area contributed by atoms with E-state index in [1.807, 2.05) is 4.90 Å². The van der Waals surface area contributed by atoms with Crippen LogP contribution in [0, 0.1) is 0 Å². The van der Waals surface area contributed by atoms with Crippen molar-refractivity contribution < 1.29 is 14.3 Å². The summed E-state index contributed by atoms with van der Waals surface area (Å²) in [7, 11) is 3.17. The third-order valence-electron chi connectivity index (χ3n) is 3.59. The SMILES string of the molecule is COc1cc(C(=O)N2CCCCCC2)cc(OC)c1Br. The molecule has 1 amide bonds. The summed E-state index contributed by atoms with van der Waals surface area (Å²) in [5.74, 6) is 1.28. The molecule has 20 heavy (non-hydrogen) atoms. The van der Waals surface area contributed by atoms with Gasteiger partial charge in [0, 0.05) is 18.7 Å². The summed E-state index contributed by atoms with van der Waals surface area (Å²) in [5, 5.41) is 0. The molecule has 1 fully saturated rings. The first-order valence-electron chi connectivity index (χ1n) is 6.88. The van der Waals surface area contributed by atoms with Crippen molar-refractivity contribution >= 4 is 21.8 Å². The number of hydrogen-bond acceptors (Lipinski definition) is 3. The molecule has 0 saturated carbocycles. The monoisotopic (exact) mass is 341 g/mol. The molecule has 5 heteroatoms. The maximum Gasteiger partial charge on any atom is 0.254 e. The van der Waals surface area contributed by atoms with Crippen molar-refractivity contribution in [2.45, 2.75) is 25.7 Å². The molecule has 1 saturated heterocycles. The van der Waals surface area contributed by atoms with Crippen molar-refractivity contribution in [3.8, 4) is 11.5 Å². The number of amides is 1. The topological polar surface area (TPSA) is 38.8 Å². The summed E-state index contributed by atoms with van der Waals surface area (Å²) in [6, 6.07) is 3.53. The van der Waals surface area contributed by atoms with Crippen LogP contribution in [0.2, 0.25) is 0 Å². The van der Waals surface area contributed by atoms with Gasteiger partial charge in [-0.25, -0.2) is 0 Å². The summed E-state index contributed by atoms with van der Waals surface area (Å²) in [6.45, 7) is 1.67. The number of rotatable bonds is 3. The van der Waals surface area contributed by atoms with E-state index in [2.05, 4.69) is 15.9 Å². The second-order valence-corrected chi connectivity index (χ2v) is 5.69. The second-order valence-electron chi connectivity index (χ2n) is 4.90. The zero-order chi connectivity index (χ0) is 14.5. The van der Waals surface area contributed by atoms with Gasteiger partial charge in [0.1, 0.15) is 16.0 Å². The lowest BCUT2D eigenvalue weighted by Gasteiger charge is -2.21. The second kappa shape index (κ2) is 6.97. The minimum atomic E-state index is 0.0519. The Bertz CT molecular complexity index is 457. The Morgan fingerprint density at radius 3 is 2.00 bits per heavy atom. The number of carbonyl (C=O) groups excluding carboxylic acids is 1. The smallest absolute Gasteiger partial charge is 0.254 e. The van der Waals surface area contributed by atoms with Crippen LogP contribution >= 0.6 is 15.9 Å². The Labute approximate surface area is 128 Å². The number of likely N-dealkylation sites (tertiary alicyclic amines) is 1. The van der Waals surface area contributed by atoms with Crippen molar-refractivity contribution in [3.63, 3.8) is 0 Å². The molecule has 0 bridgehead atoms. The van der Waals surface area contributed by atoms with E-state index in [1.165, 1.54) is 12.8 Å². The molecule has 0 spiro atoms. The summed E-state index contributed by atoms with van der Waals surface area (Å²) < 4.78 is 11.3. The van der Waals surface area contributed by atoms with Crippen LogP contribution < -0.4 is 9.47 Å². The Hall–Kier alpha value is -1.23. The molecule has 110 valence electrons. The van der Waals surface area contributed by atoms with Gasteiger partial charge >= 0.3 is 0 Å². The van der Waals surface area contributed by atoms with Crippen LogP contribution in [0.5, 0.6) is 11.5 Å². The molecule has 0 N–H and O–H groups in total. The zero-order valence-corrected chi connectivity index (χ0v) is 13.5. The van der Waals surface area contributed by atoms with Gasteiger partial charge in [-0.1, -0.05) is 12.8 Å². The third-order valence-corrected chi connectivity index (χ3v) is 4.37. The fraction of sp³-hybridized carbons (Fsp3) is 0.533. The molecular weight excluding hydrogens is 322 g/mol.